The smallest absolute Gasteiger partial charge is 0.452 e. The summed E-state index contributed by atoms with van der Waals surface area (Å²) in [6, 6.07) is 8.94. The predicted molar refractivity (Wildman–Crippen MR) is 93.5 cm³/mol. The number of nitrogens with one attached hydrogen (secondary N) is 1. The van der Waals surface area contributed by atoms with Gasteiger partial charge in [0, 0.05) is 11.6 Å². The molecule has 25 heavy (non-hydrogen) atoms. The molecule has 0 spiro atoms. The minimum atomic E-state index is -1.17. The minimum Gasteiger partial charge on any atom is -0.481 e. The number of carboxylic acid groups (broad SMARTS) is 1. The molecule has 1 unspecified atom stereocenters. The van der Waals surface area contributed by atoms with Crippen molar-refractivity contribution in [1.29, 1.82) is 0 Å². The number of urea groups is 1. The summed E-state index contributed by atoms with van der Waals surface area (Å²) >= 11 is 6.06. The second kappa shape index (κ2) is 6.27. The zero-order chi connectivity index (χ0) is 18.2. The van der Waals surface area contributed by atoms with Crippen LogP contribution in [-0.4, -0.2) is 30.4 Å². The van der Waals surface area contributed by atoms with E-state index >= 15 is 0 Å². The molecular weight excluding hydrogens is 349 g/mol. The fourth-order valence-corrected chi connectivity index (χ4v) is 2.83. The van der Waals surface area contributed by atoms with E-state index in [2.05, 4.69) is 10.4 Å². The van der Waals surface area contributed by atoms with Crippen LogP contribution in [-0.2, 0) is 11.2 Å². The molecule has 1 heterocycles. The van der Waals surface area contributed by atoms with Gasteiger partial charge in [-0.1, -0.05) is 33.4 Å². The van der Waals surface area contributed by atoms with Crippen LogP contribution >= 0.6 is 11.6 Å². The van der Waals surface area contributed by atoms with Crippen molar-refractivity contribution < 1.29 is 19.1 Å². The van der Waals surface area contributed by atoms with Crippen LogP contribution < -0.4 is 9.91 Å². The van der Waals surface area contributed by atoms with Gasteiger partial charge < -0.3 is 5.11 Å². The Morgan fingerprint density at radius 1 is 1.32 bits per heavy atom. The molecule has 0 aliphatic carbocycles. The average Bonchev–Trinajstić information content (AvgIpc) is 2.91. The van der Waals surface area contributed by atoms with Gasteiger partial charge >= 0.3 is 12.0 Å². The number of carbonyl (C=O) groups is 2. The standard InChI is InChI=1S/C17H13ClFN3O3/c1-22(15-5-3-2-4-10(15)9-20-22)17(25)21-14-8-13(19)11(6-12(14)18)7-16(23)24/h2-6,8-9H,7H2,1H3,(H-,21,23,24,25)/p+1. The number of carbonyl (C=O) groups excluding carboxylic acids is 1. The molecule has 0 fully saturated rings. The van der Waals surface area contributed by atoms with Crippen molar-refractivity contribution in [3.63, 3.8) is 0 Å². The number of amides is 2. The summed E-state index contributed by atoms with van der Waals surface area (Å²) in [5.41, 5.74) is 1.49. The molecule has 3 rings (SSSR count). The normalized spacial score (nSPS) is 18.0. The molecule has 6 nitrogen and oxygen atoms in total. The van der Waals surface area contributed by atoms with Crippen LogP contribution in [0.15, 0.2) is 41.5 Å². The summed E-state index contributed by atoms with van der Waals surface area (Å²) in [5, 5.41) is 15.6. The zero-order valence-electron chi connectivity index (χ0n) is 13.2. The van der Waals surface area contributed by atoms with Crippen molar-refractivity contribution in [2.45, 2.75) is 6.42 Å². The van der Waals surface area contributed by atoms with Crippen molar-refractivity contribution in [2.24, 2.45) is 5.10 Å². The topological polar surface area (TPSA) is 78.8 Å². The molecule has 0 saturated carbocycles. The molecule has 0 bridgehead atoms. The number of hydrogen-bond donors (Lipinski definition) is 2. The SMILES string of the molecule is C[N+]1(C(=O)Nc2cc(F)c(CC(=O)O)cc2Cl)N=Cc2ccccc21. The van der Waals surface area contributed by atoms with Gasteiger partial charge in [0.1, 0.15) is 12.9 Å². The van der Waals surface area contributed by atoms with Crippen LogP contribution in [0.3, 0.4) is 0 Å². The Bertz CT molecular complexity index is 916. The van der Waals surface area contributed by atoms with Gasteiger partial charge in [-0.25, -0.2) is 9.18 Å². The lowest BCUT2D eigenvalue weighted by atomic mass is 10.1. The van der Waals surface area contributed by atoms with E-state index in [0.717, 1.165) is 11.6 Å². The van der Waals surface area contributed by atoms with Crippen molar-refractivity contribution >= 4 is 41.2 Å². The monoisotopic (exact) mass is 362 g/mol. The molecule has 1 aliphatic heterocycles. The van der Waals surface area contributed by atoms with Crippen molar-refractivity contribution in [3.8, 4) is 0 Å². The highest BCUT2D eigenvalue weighted by Crippen LogP contribution is 2.33. The number of anilines is 1. The molecule has 0 saturated heterocycles. The summed E-state index contributed by atoms with van der Waals surface area (Å²) in [6.45, 7) is 0. The van der Waals surface area contributed by atoms with Gasteiger partial charge in [-0.2, -0.15) is 0 Å². The molecule has 0 aromatic heterocycles. The minimum absolute atomic E-state index is 0.0501. The average molecular weight is 363 g/mol. The largest absolute Gasteiger partial charge is 0.481 e. The van der Waals surface area contributed by atoms with Crippen LogP contribution in [0.25, 0.3) is 0 Å². The van der Waals surface area contributed by atoms with Gasteiger partial charge in [0.25, 0.3) is 0 Å². The molecule has 2 amide bonds. The molecule has 128 valence electrons. The van der Waals surface area contributed by atoms with Crippen molar-refractivity contribution in [3.05, 3.63) is 58.4 Å². The Balaban J connectivity index is 1.88. The number of nitrogens with zero attached hydrogens (tertiary/aromatic N) is 2. The lowest BCUT2D eigenvalue weighted by Crippen LogP contribution is -2.47. The first-order chi connectivity index (χ1) is 11.8. The summed E-state index contributed by atoms with van der Waals surface area (Å²) in [4.78, 5) is 23.4. The second-order valence-electron chi connectivity index (χ2n) is 5.69. The van der Waals surface area contributed by atoms with Gasteiger partial charge in [0.15, 0.2) is 5.69 Å². The van der Waals surface area contributed by atoms with E-state index in [1.807, 2.05) is 12.1 Å². The second-order valence-corrected chi connectivity index (χ2v) is 6.09. The van der Waals surface area contributed by atoms with Gasteiger partial charge in [-0.15, -0.1) is 0 Å². The van der Waals surface area contributed by atoms with Gasteiger partial charge in [0.2, 0.25) is 0 Å². The van der Waals surface area contributed by atoms with Crippen LogP contribution in [0.5, 0.6) is 0 Å². The quantitative estimate of drug-likeness (QED) is 0.818. The zero-order valence-corrected chi connectivity index (χ0v) is 13.9. The van der Waals surface area contributed by atoms with Gasteiger partial charge in [0.05, 0.1) is 28.9 Å². The lowest BCUT2D eigenvalue weighted by molar-refractivity contribution is -0.136. The third-order valence-electron chi connectivity index (χ3n) is 3.95. The Labute approximate surface area is 147 Å². The first-order valence-electron chi connectivity index (χ1n) is 7.34. The molecular formula is C17H14ClFN3O3+. The van der Waals surface area contributed by atoms with Crippen LogP contribution in [0.2, 0.25) is 5.02 Å². The highest BCUT2D eigenvalue weighted by Gasteiger charge is 2.41. The third kappa shape index (κ3) is 3.11. The predicted octanol–water partition coefficient (Wildman–Crippen LogP) is 3.62. The number of rotatable bonds is 3. The Kier molecular flexibility index (Phi) is 4.28. The summed E-state index contributed by atoms with van der Waals surface area (Å²) < 4.78 is 13.7. The molecule has 0 radical (unpaired) electrons. The molecule has 1 aliphatic rings. The summed E-state index contributed by atoms with van der Waals surface area (Å²) in [5.74, 6) is -1.93. The maximum atomic E-state index is 14.0. The first kappa shape index (κ1) is 17.1. The fourth-order valence-electron chi connectivity index (χ4n) is 2.60. The summed E-state index contributed by atoms with van der Waals surface area (Å²) in [7, 11) is 1.60. The maximum Gasteiger partial charge on any atom is 0.452 e. The molecule has 2 aromatic rings. The van der Waals surface area contributed by atoms with Gasteiger partial charge in [-0.3, -0.25) is 10.1 Å². The lowest BCUT2D eigenvalue weighted by Gasteiger charge is -2.22. The molecule has 2 aromatic carbocycles. The van der Waals surface area contributed by atoms with E-state index in [-0.39, 0.29) is 20.9 Å². The highest BCUT2D eigenvalue weighted by atomic mass is 35.5. The highest BCUT2D eigenvalue weighted by molar-refractivity contribution is 6.33. The van der Waals surface area contributed by atoms with Crippen LogP contribution in [0.4, 0.5) is 20.6 Å². The fraction of sp³-hybridized carbons (Fsp3) is 0.118. The number of benzene rings is 2. The van der Waals surface area contributed by atoms with Gasteiger partial charge in [-0.05, 0) is 18.2 Å². The number of fused-ring (bicyclic) bond motifs is 1. The number of halogens is 2. The van der Waals surface area contributed by atoms with E-state index < -0.39 is 24.2 Å². The Morgan fingerprint density at radius 2 is 2.04 bits per heavy atom. The molecule has 1 atom stereocenters. The summed E-state index contributed by atoms with van der Waals surface area (Å²) in [6.07, 6.45) is 1.10. The van der Waals surface area contributed by atoms with E-state index in [4.69, 9.17) is 16.7 Å². The Morgan fingerprint density at radius 3 is 2.76 bits per heavy atom. The van der Waals surface area contributed by atoms with E-state index in [1.165, 1.54) is 6.07 Å². The number of quaternary nitrogens is 1. The molecule has 8 heteroatoms. The maximum absolute atomic E-state index is 14.0. The third-order valence-corrected chi connectivity index (χ3v) is 4.26. The number of aliphatic carboxylic acids is 1. The van der Waals surface area contributed by atoms with Crippen LogP contribution in [0.1, 0.15) is 11.1 Å². The van der Waals surface area contributed by atoms with Crippen molar-refractivity contribution in [1.82, 2.24) is 4.59 Å². The van der Waals surface area contributed by atoms with Crippen LogP contribution in [0, 0.1) is 5.82 Å². The molecule has 2 N–H and O–H groups in total. The van der Waals surface area contributed by atoms with Crippen molar-refractivity contribution in [2.75, 3.05) is 12.4 Å². The number of hydrogen-bond acceptors (Lipinski definition) is 3. The van der Waals surface area contributed by atoms with E-state index in [9.17, 15) is 14.0 Å². The van der Waals surface area contributed by atoms with E-state index in [1.54, 1.807) is 25.4 Å². The van der Waals surface area contributed by atoms with E-state index in [0.29, 0.717) is 5.69 Å². The Hall–Kier alpha value is -2.77. The first-order valence-corrected chi connectivity index (χ1v) is 7.72. The number of para-hydroxylation sites is 1. The number of carboxylic acids is 1.